The molecule has 0 aromatic heterocycles. The van der Waals surface area contributed by atoms with Gasteiger partial charge in [0.1, 0.15) is 0 Å². The maximum atomic E-state index is 9.55. The molecule has 0 saturated heterocycles. The van der Waals surface area contributed by atoms with Gasteiger partial charge in [0.2, 0.25) is 0 Å². The van der Waals surface area contributed by atoms with Crippen LogP contribution in [0.1, 0.15) is 39.5 Å². The Morgan fingerprint density at radius 2 is 2.08 bits per heavy atom. The zero-order chi connectivity index (χ0) is 9.68. The first-order chi connectivity index (χ1) is 6.18. The molecule has 0 unspecified atom stereocenters. The van der Waals surface area contributed by atoms with E-state index in [0.29, 0.717) is 5.92 Å². The molecule has 74 valence electrons. The van der Waals surface area contributed by atoms with Crippen molar-refractivity contribution in [2.45, 2.75) is 45.6 Å². The second-order valence-electron chi connectivity index (χ2n) is 4.10. The standard InChI is InChI=1S/C12H20O/c1-10-4-3-5-11(2)7-9-12(13)8-6-10/h4,7,9,11-13H,3,5-6,8H2,1-2H3/b9-7-,10-4-/t11-,12-/m1/s1. The maximum Gasteiger partial charge on any atom is 0.0724 e. The molecule has 1 nitrogen and oxygen atoms in total. The molecule has 1 rings (SSSR count). The third-order valence-electron chi connectivity index (χ3n) is 2.61. The lowest BCUT2D eigenvalue weighted by Crippen LogP contribution is -2.04. The normalized spacial score (nSPS) is 37.6. The molecule has 1 aliphatic rings. The van der Waals surface area contributed by atoms with E-state index < -0.39 is 0 Å². The summed E-state index contributed by atoms with van der Waals surface area (Å²) in [6.45, 7) is 4.36. The van der Waals surface area contributed by atoms with Gasteiger partial charge in [-0.1, -0.05) is 30.7 Å². The van der Waals surface area contributed by atoms with Gasteiger partial charge in [-0.25, -0.2) is 0 Å². The third kappa shape index (κ3) is 4.28. The van der Waals surface area contributed by atoms with Crippen molar-refractivity contribution in [2.75, 3.05) is 0 Å². The first-order valence-corrected chi connectivity index (χ1v) is 5.20. The minimum Gasteiger partial charge on any atom is -0.389 e. The summed E-state index contributed by atoms with van der Waals surface area (Å²) < 4.78 is 0. The van der Waals surface area contributed by atoms with E-state index in [-0.39, 0.29) is 6.10 Å². The van der Waals surface area contributed by atoms with Crippen LogP contribution < -0.4 is 0 Å². The summed E-state index contributed by atoms with van der Waals surface area (Å²) in [5.41, 5.74) is 1.42. The Morgan fingerprint density at radius 3 is 2.85 bits per heavy atom. The summed E-state index contributed by atoms with van der Waals surface area (Å²) in [5.74, 6) is 0.594. The molecular weight excluding hydrogens is 160 g/mol. The van der Waals surface area contributed by atoms with Crippen molar-refractivity contribution < 1.29 is 5.11 Å². The third-order valence-corrected chi connectivity index (χ3v) is 2.61. The highest BCUT2D eigenvalue weighted by atomic mass is 16.3. The SMILES string of the molecule is C/C1=C/CC[C@@H](C)/C=C\[C@H](O)CC1. The monoisotopic (exact) mass is 180 g/mol. The van der Waals surface area contributed by atoms with Crippen molar-refractivity contribution in [3.8, 4) is 0 Å². The molecule has 0 fully saturated rings. The maximum absolute atomic E-state index is 9.55. The topological polar surface area (TPSA) is 20.2 Å². The highest BCUT2D eigenvalue weighted by Gasteiger charge is 2.03. The van der Waals surface area contributed by atoms with Gasteiger partial charge in [0, 0.05) is 0 Å². The summed E-state index contributed by atoms with van der Waals surface area (Å²) >= 11 is 0. The van der Waals surface area contributed by atoms with E-state index >= 15 is 0 Å². The smallest absolute Gasteiger partial charge is 0.0724 e. The number of hydrogen-bond donors (Lipinski definition) is 1. The van der Waals surface area contributed by atoms with Gasteiger partial charge >= 0.3 is 0 Å². The van der Waals surface area contributed by atoms with E-state index in [1.807, 2.05) is 6.08 Å². The minimum absolute atomic E-state index is 0.246. The van der Waals surface area contributed by atoms with Gasteiger partial charge in [-0.2, -0.15) is 0 Å². The minimum atomic E-state index is -0.246. The average molecular weight is 180 g/mol. The van der Waals surface area contributed by atoms with Crippen LogP contribution in [0.2, 0.25) is 0 Å². The summed E-state index contributed by atoms with van der Waals surface area (Å²) in [7, 11) is 0. The Bertz CT molecular complexity index is 203. The molecule has 0 bridgehead atoms. The number of aliphatic hydroxyl groups is 1. The highest BCUT2D eigenvalue weighted by Crippen LogP contribution is 2.15. The van der Waals surface area contributed by atoms with Crippen LogP contribution in [0.25, 0.3) is 0 Å². The molecule has 13 heavy (non-hydrogen) atoms. The van der Waals surface area contributed by atoms with Gasteiger partial charge in [-0.3, -0.25) is 0 Å². The predicted molar refractivity (Wildman–Crippen MR) is 56.5 cm³/mol. The molecule has 2 atom stereocenters. The fraction of sp³-hybridized carbons (Fsp3) is 0.667. The van der Waals surface area contributed by atoms with E-state index in [9.17, 15) is 5.11 Å². The zero-order valence-electron chi connectivity index (χ0n) is 8.66. The van der Waals surface area contributed by atoms with E-state index in [2.05, 4.69) is 26.0 Å². The van der Waals surface area contributed by atoms with Crippen molar-refractivity contribution in [3.63, 3.8) is 0 Å². The van der Waals surface area contributed by atoms with Crippen molar-refractivity contribution in [3.05, 3.63) is 23.8 Å². The molecule has 0 aromatic rings. The quantitative estimate of drug-likeness (QED) is 0.568. The van der Waals surface area contributed by atoms with Gasteiger partial charge in [0.15, 0.2) is 0 Å². The molecule has 1 N–H and O–H groups in total. The molecule has 1 aliphatic carbocycles. The Balaban J connectivity index is 2.55. The molecular formula is C12H20O. The van der Waals surface area contributed by atoms with Crippen molar-refractivity contribution in [2.24, 2.45) is 5.92 Å². The molecule has 0 saturated carbocycles. The summed E-state index contributed by atoms with van der Waals surface area (Å²) in [6.07, 6.45) is 10.4. The molecule has 0 amide bonds. The second kappa shape index (κ2) is 5.23. The lowest BCUT2D eigenvalue weighted by molar-refractivity contribution is 0.212. The first-order valence-electron chi connectivity index (χ1n) is 5.20. The second-order valence-corrected chi connectivity index (χ2v) is 4.10. The first kappa shape index (κ1) is 10.5. The fourth-order valence-corrected chi connectivity index (χ4v) is 1.58. The van der Waals surface area contributed by atoms with Crippen LogP contribution in [-0.4, -0.2) is 11.2 Å². The molecule has 1 heteroatoms. The molecule has 0 aliphatic heterocycles. The fourth-order valence-electron chi connectivity index (χ4n) is 1.58. The summed E-state index contributed by atoms with van der Waals surface area (Å²) in [4.78, 5) is 0. The Hall–Kier alpha value is -0.560. The van der Waals surface area contributed by atoms with Gasteiger partial charge in [0.05, 0.1) is 6.10 Å². The predicted octanol–water partition coefficient (Wildman–Crippen LogP) is 3.06. The van der Waals surface area contributed by atoms with E-state index in [1.54, 1.807) is 0 Å². The van der Waals surface area contributed by atoms with Crippen LogP contribution in [0.15, 0.2) is 23.8 Å². The Kier molecular flexibility index (Phi) is 4.23. The van der Waals surface area contributed by atoms with Crippen LogP contribution >= 0.6 is 0 Å². The summed E-state index contributed by atoms with van der Waals surface area (Å²) in [6, 6.07) is 0. The van der Waals surface area contributed by atoms with Gasteiger partial charge in [-0.15, -0.1) is 0 Å². The Morgan fingerprint density at radius 1 is 1.31 bits per heavy atom. The number of aliphatic hydroxyl groups excluding tert-OH is 1. The largest absolute Gasteiger partial charge is 0.389 e. The van der Waals surface area contributed by atoms with Crippen molar-refractivity contribution in [1.82, 2.24) is 0 Å². The molecule has 0 aromatic carbocycles. The van der Waals surface area contributed by atoms with Gasteiger partial charge in [0.25, 0.3) is 0 Å². The van der Waals surface area contributed by atoms with Crippen LogP contribution in [0, 0.1) is 5.92 Å². The molecule has 0 heterocycles. The lowest BCUT2D eigenvalue weighted by atomic mass is 9.98. The molecule has 0 spiro atoms. The van der Waals surface area contributed by atoms with Crippen molar-refractivity contribution in [1.29, 1.82) is 0 Å². The molecule has 0 radical (unpaired) electrons. The van der Waals surface area contributed by atoms with E-state index in [1.165, 1.54) is 18.4 Å². The van der Waals surface area contributed by atoms with Crippen LogP contribution in [0.4, 0.5) is 0 Å². The number of rotatable bonds is 0. The van der Waals surface area contributed by atoms with Gasteiger partial charge in [-0.05, 0) is 38.5 Å². The van der Waals surface area contributed by atoms with Crippen LogP contribution in [0.5, 0.6) is 0 Å². The Labute approximate surface area is 81.2 Å². The van der Waals surface area contributed by atoms with Crippen LogP contribution in [0.3, 0.4) is 0 Å². The zero-order valence-corrected chi connectivity index (χ0v) is 8.66. The van der Waals surface area contributed by atoms with Crippen LogP contribution in [-0.2, 0) is 0 Å². The lowest BCUT2D eigenvalue weighted by Gasteiger charge is -2.11. The number of hydrogen-bond acceptors (Lipinski definition) is 1. The highest BCUT2D eigenvalue weighted by molar-refractivity contribution is 5.02. The van der Waals surface area contributed by atoms with Crippen molar-refractivity contribution >= 4 is 0 Å². The van der Waals surface area contributed by atoms with E-state index in [4.69, 9.17) is 0 Å². The number of allylic oxidation sites excluding steroid dienone is 3. The summed E-state index contributed by atoms with van der Waals surface area (Å²) in [5, 5.41) is 9.55. The van der Waals surface area contributed by atoms with Gasteiger partial charge < -0.3 is 5.11 Å². The van der Waals surface area contributed by atoms with E-state index in [0.717, 1.165) is 12.8 Å². The average Bonchev–Trinajstić information content (AvgIpc) is 2.10.